The Morgan fingerprint density at radius 3 is 3.22 bits per heavy atom. The standard InChI is InChI=1S/C6H9N2O/c1-2-3-4-6-8-7-5-9-6/h4-5H,2-3H2,1H3. The van der Waals surface area contributed by atoms with E-state index >= 15 is 0 Å². The summed E-state index contributed by atoms with van der Waals surface area (Å²) in [5.74, 6) is 0.622. The quantitative estimate of drug-likeness (QED) is 0.613. The minimum atomic E-state index is 0.622. The van der Waals surface area contributed by atoms with E-state index in [1.807, 2.05) is 6.42 Å². The Kier molecular flexibility index (Phi) is 2.24. The van der Waals surface area contributed by atoms with E-state index in [1.54, 1.807) is 0 Å². The second-order valence-corrected chi connectivity index (χ2v) is 1.77. The Labute approximate surface area is 54.1 Å². The maximum Gasteiger partial charge on any atom is 0.220 e. The summed E-state index contributed by atoms with van der Waals surface area (Å²) < 4.78 is 4.86. The van der Waals surface area contributed by atoms with Gasteiger partial charge in [-0.3, -0.25) is 0 Å². The molecule has 0 bridgehead atoms. The van der Waals surface area contributed by atoms with Crippen molar-refractivity contribution < 1.29 is 4.42 Å². The molecule has 1 aromatic heterocycles. The van der Waals surface area contributed by atoms with Crippen molar-refractivity contribution in [2.75, 3.05) is 0 Å². The number of rotatable bonds is 3. The first-order chi connectivity index (χ1) is 4.43. The molecule has 0 aliphatic rings. The van der Waals surface area contributed by atoms with E-state index in [9.17, 15) is 0 Å². The van der Waals surface area contributed by atoms with Crippen molar-refractivity contribution in [3.05, 3.63) is 18.7 Å². The molecule has 9 heavy (non-hydrogen) atoms. The molecular weight excluding hydrogens is 116 g/mol. The molecule has 0 saturated heterocycles. The van der Waals surface area contributed by atoms with E-state index in [-0.39, 0.29) is 0 Å². The van der Waals surface area contributed by atoms with Crippen LogP contribution in [0.1, 0.15) is 25.7 Å². The first kappa shape index (κ1) is 6.26. The van der Waals surface area contributed by atoms with Gasteiger partial charge in [-0.1, -0.05) is 13.3 Å². The molecule has 0 aromatic carbocycles. The van der Waals surface area contributed by atoms with E-state index in [4.69, 9.17) is 4.42 Å². The molecule has 0 aliphatic carbocycles. The summed E-state index contributed by atoms with van der Waals surface area (Å²) in [5.41, 5.74) is 0. The smallest absolute Gasteiger partial charge is 0.220 e. The fraction of sp³-hybridized carbons (Fsp3) is 0.500. The van der Waals surface area contributed by atoms with Crippen LogP contribution in [-0.2, 0) is 0 Å². The number of hydrogen-bond donors (Lipinski definition) is 0. The van der Waals surface area contributed by atoms with Crippen molar-refractivity contribution in [3.8, 4) is 0 Å². The fourth-order valence-corrected chi connectivity index (χ4v) is 0.538. The molecule has 1 aromatic rings. The molecule has 0 aliphatic heterocycles. The molecule has 0 atom stereocenters. The van der Waals surface area contributed by atoms with Crippen molar-refractivity contribution in [2.45, 2.75) is 19.8 Å². The van der Waals surface area contributed by atoms with Gasteiger partial charge in [-0.15, -0.1) is 10.2 Å². The zero-order chi connectivity index (χ0) is 6.53. The van der Waals surface area contributed by atoms with E-state index < -0.39 is 0 Å². The fourth-order valence-electron chi connectivity index (χ4n) is 0.538. The van der Waals surface area contributed by atoms with Crippen LogP contribution in [0.4, 0.5) is 0 Å². The van der Waals surface area contributed by atoms with Crippen molar-refractivity contribution >= 4 is 0 Å². The number of hydrogen-bond acceptors (Lipinski definition) is 3. The average Bonchev–Trinajstić information content (AvgIpc) is 2.34. The van der Waals surface area contributed by atoms with Crippen LogP contribution in [0, 0.1) is 6.42 Å². The first-order valence-electron chi connectivity index (χ1n) is 3.03. The summed E-state index contributed by atoms with van der Waals surface area (Å²) in [5, 5.41) is 7.21. The molecule has 1 radical (unpaired) electrons. The highest BCUT2D eigenvalue weighted by atomic mass is 16.4. The SMILES string of the molecule is CCC[CH]c1nnco1. The molecule has 0 amide bonds. The molecule has 3 nitrogen and oxygen atoms in total. The molecule has 0 unspecified atom stereocenters. The summed E-state index contributed by atoms with van der Waals surface area (Å²) in [7, 11) is 0. The lowest BCUT2D eigenvalue weighted by molar-refractivity contribution is 0.519. The van der Waals surface area contributed by atoms with Gasteiger partial charge in [-0.25, -0.2) is 0 Å². The van der Waals surface area contributed by atoms with Crippen LogP contribution in [0.3, 0.4) is 0 Å². The highest BCUT2D eigenvalue weighted by Crippen LogP contribution is 2.01. The van der Waals surface area contributed by atoms with Crippen LogP contribution >= 0.6 is 0 Å². The van der Waals surface area contributed by atoms with Gasteiger partial charge in [0.15, 0.2) is 0 Å². The van der Waals surface area contributed by atoms with E-state index in [1.165, 1.54) is 6.39 Å². The van der Waals surface area contributed by atoms with E-state index in [2.05, 4.69) is 17.1 Å². The van der Waals surface area contributed by atoms with Gasteiger partial charge in [0.1, 0.15) is 0 Å². The number of unbranched alkanes of at least 4 members (excludes halogenated alkanes) is 1. The molecule has 0 N–H and O–H groups in total. The Balaban J connectivity index is 2.30. The van der Waals surface area contributed by atoms with Gasteiger partial charge in [0, 0.05) is 6.42 Å². The van der Waals surface area contributed by atoms with Crippen molar-refractivity contribution in [2.24, 2.45) is 0 Å². The van der Waals surface area contributed by atoms with Gasteiger partial charge >= 0.3 is 0 Å². The minimum absolute atomic E-state index is 0.622. The van der Waals surface area contributed by atoms with Gasteiger partial charge in [0.25, 0.3) is 0 Å². The van der Waals surface area contributed by atoms with Crippen LogP contribution in [0.25, 0.3) is 0 Å². The molecule has 49 valence electrons. The van der Waals surface area contributed by atoms with Crippen LogP contribution in [0.2, 0.25) is 0 Å². The molecular formula is C6H9N2O. The van der Waals surface area contributed by atoms with Gasteiger partial charge in [-0.05, 0) is 6.42 Å². The second-order valence-electron chi connectivity index (χ2n) is 1.77. The van der Waals surface area contributed by atoms with Crippen molar-refractivity contribution in [1.82, 2.24) is 10.2 Å². The highest BCUT2D eigenvalue weighted by Gasteiger charge is 1.95. The minimum Gasteiger partial charge on any atom is -0.428 e. The predicted octanol–water partition coefficient (Wildman–Crippen LogP) is 1.42. The zero-order valence-corrected chi connectivity index (χ0v) is 5.37. The summed E-state index contributed by atoms with van der Waals surface area (Å²) in [6, 6.07) is 0. The topological polar surface area (TPSA) is 38.9 Å². The molecule has 0 spiro atoms. The van der Waals surface area contributed by atoms with E-state index in [0.29, 0.717) is 5.89 Å². The van der Waals surface area contributed by atoms with E-state index in [0.717, 1.165) is 12.8 Å². The molecule has 1 rings (SSSR count). The van der Waals surface area contributed by atoms with Gasteiger partial charge in [0.2, 0.25) is 12.3 Å². The zero-order valence-electron chi connectivity index (χ0n) is 5.37. The normalized spacial score (nSPS) is 9.89. The maximum absolute atomic E-state index is 4.86. The number of nitrogens with zero attached hydrogens (tertiary/aromatic N) is 2. The number of aromatic nitrogens is 2. The summed E-state index contributed by atoms with van der Waals surface area (Å²) in [6.45, 7) is 2.10. The third-order valence-corrected chi connectivity index (χ3v) is 0.985. The molecule has 1 heterocycles. The van der Waals surface area contributed by atoms with Crippen LogP contribution < -0.4 is 0 Å². The Hall–Kier alpha value is -0.860. The summed E-state index contributed by atoms with van der Waals surface area (Å²) >= 11 is 0. The third kappa shape index (κ3) is 1.83. The van der Waals surface area contributed by atoms with Crippen LogP contribution in [-0.4, -0.2) is 10.2 Å². The van der Waals surface area contributed by atoms with Crippen LogP contribution in [0.15, 0.2) is 10.8 Å². The first-order valence-corrected chi connectivity index (χ1v) is 3.03. The largest absolute Gasteiger partial charge is 0.428 e. The second kappa shape index (κ2) is 3.22. The highest BCUT2D eigenvalue weighted by molar-refractivity contribution is 4.90. The maximum atomic E-state index is 4.86. The van der Waals surface area contributed by atoms with Gasteiger partial charge < -0.3 is 4.42 Å². The van der Waals surface area contributed by atoms with Gasteiger partial charge in [-0.2, -0.15) is 0 Å². The predicted molar refractivity (Wildman–Crippen MR) is 32.6 cm³/mol. The summed E-state index contributed by atoms with van der Waals surface area (Å²) in [6.07, 6.45) is 5.37. The molecule has 0 fully saturated rings. The van der Waals surface area contributed by atoms with Crippen molar-refractivity contribution in [1.29, 1.82) is 0 Å². The average molecular weight is 125 g/mol. The van der Waals surface area contributed by atoms with Gasteiger partial charge in [0.05, 0.1) is 0 Å². The van der Waals surface area contributed by atoms with Crippen molar-refractivity contribution in [3.63, 3.8) is 0 Å². The Morgan fingerprint density at radius 2 is 2.67 bits per heavy atom. The molecule has 0 saturated carbocycles. The van der Waals surface area contributed by atoms with Crippen LogP contribution in [0.5, 0.6) is 0 Å². The lowest BCUT2D eigenvalue weighted by atomic mass is 10.2. The molecule has 3 heteroatoms. The monoisotopic (exact) mass is 125 g/mol. The Morgan fingerprint density at radius 1 is 1.78 bits per heavy atom. The summed E-state index contributed by atoms with van der Waals surface area (Å²) in [4.78, 5) is 0. The third-order valence-electron chi connectivity index (χ3n) is 0.985. The Bertz CT molecular complexity index is 148. The lowest BCUT2D eigenvalue weighted by Crippen LogP contribution is -1.79. The lowest BCUT2D eigenvalue weighted by Gasteiger charge is -1.86.